The Morgan fingerprint density at radius 1 is 1.16 bits per heavy atom. The van der Waals surface area contributed by atoms with Crippen LogP contribution in [0.25, 0.3) is 0 Å². The van der Waals surface area contributed by atoms with Gasteiger partial charge >= 0.3 is 0 Å². The minimum atomic E-state index is 0.211. The molecule has 0 spiro atoms. The number of hydrogen-bond donors (Lipinski definition) is 1. The van der Waals surface area contributed by atoms with Crippen molar-refractivity contribution < 1.29 is 9.47 Å². The molecule has 0 fully saturated rings. The summed E-state index contributed by atoms with van der Waals surface area (Å²) < 4.78 is 11.6. The van der Waals surface area contributed by atoms with E-state index in [1.54, 1.807) is 0 Å². The standard InChI is InChI=1S/C16H27NO2/c1-5-10-17-12-14-8-9-15(19-13(4)6-2)16(11-14)18-7-3/h8-9,11,13,17H,5-7,10,12H2,1-4H3. The molecule has 1 aromatic carbocycles. The first-order valence-corrected chi connectivity index (χ1v) is 7.34. The molecule has 0 aliphatic rings. The highest BCUT2D eigenvalue weighted by atomic mass is 16.5. The van der Waals surface area contributed by atoms with E-state index in [0.717, 1.165) is 37.4 Å². The fourth-order valence-corrected chi connectivity index (χ4v) is 1.74. The molecule has 108 valence electrons. The molecule has 0 amide bonds. The lowest BCUT2D eigenvalue weighted by Crippen LogP contribution is -2.14. The molecular formula is C16H27NO2. The lowest BCUT2D eigenvalue weighted by Gasteiger charge is -2.17. The van der Waals surface area contributed by atoms with E-state index in [-0.39, 0.29) is 6.10 Å². The van der Waals surface area contributed by atoms with Gasteiger partial charge in [0.05, 0.1) is 12.7 Å². The van der Waals surface area contributed by atoms with Gasteiger partial charge in [0.15, 0.2) is 11.5 Å². The molecule has 0 aliphatic heterocycles. The summed E-state index contributed by atoms with van der Waals surface area (Å²) in [5.41, 5.74) is 1.23. The van der Waals surface area contributed by atoms with Crippen LogP contribution in [0.1, 0.15) is 46.1 Å². The third-order valence-corrected chi connectivity index (χ3v) is 2.97. The Morgan fingerprint density at radius 2 is 1.95 bits per heavy atom. The van der Waals surface area contributed by atoms with Crippen LogP contribution in [0.2, 0.25) is 0 Å². The Morgan fingerprint density at radius 3 is 2.58 bits per heavy atom. The number of rotatable bonds is 9. The fourth-order valence-electron chi connectivity index (χ4n) is 1.74. The molecule has 0 aliphatic carbocycles. The van der Waals surface area contributed by atoms with E-state index in [1.165, 1.54) is 5.56 Å². The van der Waals surface area contributed by atoms with Crippen molar-refractivity contribution >= 4 is 0 Å². The molecule has 1 unspecified atom stereocenters. The maximum Gasteiger partial charge on any atom is 0.161 e. The van der Waals surface area contributed by atoms with E-state index in [4.69, 9.17) is 9.47 Å². The fraction of sp³-hybridized carbons (Fsp3) is 0.625. The van der Waals surface area contributed by atoms with Crippen molar-refractivity contribution in [3.63, 3.8) is 0 Å². The molecule has 1 N–H and O–H groups in total. The van der Waals surface area contributed by atoms with Crippen LogP contribution in [0.3, 0.4) is 0 Å². The molecule has 1 atom stereocenters. The average molecular weight is 265 g/mol. The Kier molecular flexibility index (Phi) is 7.34. The Bertz CT molecular complexity index is 366. The summed E-state index contributed by atoms with van der Waals surface area (Å²) in [5, 5.41) is 3.40. The number of benzene rings is 1. The van der Waals surface area contributed by atoms with E-state index in [1.807, 2.05) is 13.0 Å². The van der Waals surface area contributed by atoms with Gasteiger partial charge in [0, 0.05) is 6.54 Å². The zero-order valence-corrected chi connectivity index (χ0v) is 12.7. The second-order valence-corrected chi connectivity index (χ2v) is 4.73. The topological polar surface area (TPSA) is 30.5 Å². The second kappa shape index (κ2) is 8.81. The summed E-state index contributed by atoms with van der Waals surface area (Å²) in [7, 11) is 0. The molecule has 0 bridgehead atoms. The third kappa shape index (κ3) is 5.52. The van der Waals surface area contributed by atoms with E-state index >= 15 is 0 Å². The number of hydrogen-bond acceptors (Lipinski definition) is 3. The summed E-state index contributed by atoms with van der Waals surface area (Å²) in [6, 6.07) is 6.19. The molecule has 3 heteroatoms. The van der Waals surface area contributed by atoms with Gasteiger partial charge in [-0.1, -0.05) is 19.9 Å². The van der Waals surface area contributed by atoms with Crippen LogP contribution in [0, 0.1) is 0 Å². The number of nitrogens with one attached hydrogen (secondary N) is 1. The van der Waals surface area contributed by atoms with Gasteiger partial charge in [-0.25, -0.2) is 0 Å². The first kappa shape index (κ1) is 15.8. The van der Waals surface area contributed by atoms with Crippen molar-refractivity contribution in [2.75, 3.05) is 13.2 Å². The molecule has 0 radical (unpaired) electrons. The van der Waals surface area contributed by atoms with E-state index < -0.39 is 0 Å². The molecular weight excluding hydrogens is 238 g/mol. The summed E-state index contributed by atoms with van der Waals surface area (Å²) in [5.74, 6) is 1.69. The molecule has 1 rings (SSSR count). The van der Waals surface area contributed by atoms with Crippen molar-refractivity contribution in [2.24, 2.45) is 0 Å². The lowest BCUT2D eigenvalue weighted by atomic mass is 10.2. The third-order valence-electron chi connectivity index (χ3n) is 2.97. The maximum absolute atomic E-state index is 5.88. The molecule has 19 heavy (non-hydrogen) atoms. The summed E-state index contributed by atoms with van der Waals surface area (Å²) in [6.45, 7) is 10.9. The van der Waals surface area contributed by atoms with Crippen LogP contribution in [-0.4, -0.2) is 19.3 Å². The van der Waals surface area contributed by atoms with Gasteiger partial charge in [0.2, 0.25) is 0 Å². The maximum atomic E-state index is 5.88. The predicted octanol–water partition coefficient (Wildman–Crippen LogP) is 3.76. The highest BCUT2D eigenvalue weighted by molar-refractivity contribution is 5.43. The quantitative estimate of drug-likeness (QED) is 0.690. The minimum absolute atomic E-state index is 0.211. The minimum Gasteiger partial charge on any atom is -0.490 e. The van der Waals surface area contributed by atoms with Crippen molar-refractivity contribution in [2.45, 2.75) is 53.2 Å². The molecule has 0 saturated carbocycles. The van der Waals surface area contributed by atoms with Crippen molar-refractivity contribution in [1.29, 1.82) is 0 Å². The molecule has 3 nitrogen and oxygen atoms in total. The summed E-state index contributed by atoms with van der Waals surface area (Å²) >= 11 is 0. The van der Waals surface area contributed by atoms with Crippen LogP contribution in [0.15, 0.2) is 18.2 Å². The van der Waals surface area contributed by atoms with Crippen LogP contribution >= 0.6 is 0 Å². The van der Waals surface area contributed by atoms with Gasteiger partial charge < -0.3 is 14.8 Å². The first-order chi connectivity index (χ1) is 9.21. The van der Waals surface area contributed by atoms with E-state index in [0.29, 0.717) is 6.61 Å². The predicted molar refractivity (Wildman–Crippen MR) is 80.0 cm³/mol. The van der Waals surface area contributed by atoms with Gasteiger partial charge in [-0.05, 0) is 50.9 Å². The van der Waals surface area contributed by atoms with E-state index in [2.05, 4.69) is 38.2 Å². The van der Waals surface area contributed by atoms with Crippen molar-refractivity contribution in [3.8, 4) is 11.5 Å². The second-order valence-electron chi connectivity index (χ2n) is 4.73. The van der Waals surface area contributed by atoms with Gasteiger partial charge in [0.25, 0.3) is 0 Å². The van der Waals surface area contributed by atoms with Crippen LogP contribution < -0.4 is 14.8 Å². The Labute approximate surface area is 117 Å². The van der Waals surface area contributed by atoms with Crippen LogP contribution in [0.5, 0.6) is 11.5 Å². The molecule has 0 heterocycles. The zero-order valence-electron chi connectivity index (χ0n) is 12.7. The van der Waals surface area contributed by atoms with Gasteiger partial charge in [-0.2, -0.15) is 0 Å². The van der Waals surface area contributed by atoms with Crippen molar-refractivity contribution in [1.82, 2.24) is 5.32 Å². The number of ether oxygens (including phenoxy) is 2. The lowest BCUT2D eigenvalue weighted by molar-refractivity contribution is 0.203. The zero-order chi connectivity index (χ0) is 14.1. The molecule has 0 saturated heterocycles. The average Bonchev–Trinajstić information content (AvgIpc) is 2.42. The highest BCUT2D eigenvalue weighted by Crippen LogP contribution is 2.29. The largest absolute Gasteiger partial charge is 0.490 e. The van der Waals surface area contributed by atoms with Crippen LogP contribution in [0.4, 0.5) is 0 Å². The van der Waals surface area contributed by atoms with Gasteiger partial charge in [-0.15, -0.1) is 0 Å². The van der Waals surface area contributed by atoms with Crippen molar-refractivity contribution in [3.05, 3.63) is 23.8 Å². The summed E-state index contributed by atoms with van der Waals surface area (Å²) in [6.07, 6.45) is 2.35. The highest BCUT2D eigenvalue weighted by Gasteiger charge is 2.09. The van der Waals surface area contributed by atoms with E-state index in [9.17, 15) is 0 Å². The van der Waals surface area contributed by atoms with Gasteiger partial charge in [0.1, 0.15) is 0 Å². The monoisotopic (exact) mass is 265 g/mol. The van der Waals surface area contributed by atoms with Gasteiger partial charge in [-0.3, -0.25) is 0 Å². The SMILES string of the molecule is CCCNCc1ccc(OC(C)CC)c(OCC)c1. The molecule has 1 aromatic rings. The normalized spacial score (nSPS) is 12.2. The van der Waals surface area contributed by atoms with Crippen LogP contribution in [-0.2, 0) is 6.54 Å². The smallest absolute Gasteiger partial charge is 0.161 e. The first-order valence-electron chi connectivity index (χ1n) is 7.34. The Balaban J connectivity index is 2.75. The summed E-state index contributed by atoms with van der Waals surface area (Å²) in [4.78, 5) is 0. The Hall–Kier alpha value is -1.22. The molecule has 0 aromatic heterocycles.